The third kappa shape index (κ3) is 7.21. The van der Waals surface area contributed by atoms with Gasteiger partial charge in [-0.2, -0.15) is 13.2 Å². The van der Waals surface area contributed by atoms with E-state index >= 15 is 0 Å². The molecule has 0 unspecified atom stereocenters. The van der Waals surface area contributed by atoms with Crippen molar-refractivity contribution >= 4 is 18.7 Å². The number of amides is 3. The van der Waals surface area contributed by atoms with Crippen LogP contribution in [0.4, 0.5) is 18.0 Å². The number of rotatable bonds is 7. The molecule has 36 heavy (non-hydrogen) atoms. The predicted octanol–water partition coefficient (Wildman–Crippen LogP) is 4.84. The van der Waals surface area contributed by atoms with E-state index in [9.17, 15) is 22.8 Å². The zero-order chi connectivity index (χ0) is 26.1. The van der Waals surface area contributed by atoms with Crippen LogP contribution >= 0.6 is 0 Å². The fourth-order valence-electron chi connectivity index (χ4n) is 3.56. The molecular weight excluding hydrogens is 473 g/mol. The number of carbonyl (C=O) groups excluding carboxylic acids is 2. The van der Waals surface area contributed by atoms with Crippen molar-refractivity contribution in [3.63, 3.8) is 0 Å². The maximum Gasteiger partial charge on any atom is 0.417 e. The van der Waals surface area contributed by atoms with Crippen molar-refractivity contribution in [2.75, 3.05) is 26.2 Å². The van der Waals surface area contributed by atoms with Crippen LogP contribution in [-0.4, -0.2) is 54.6 Å². The topological polar surface area (TPSA) is 74.2 Å². The van der Waals surface area contributed by atoms with E-state index < -0.39 is 23.2 Å². The summed E-state index contributed by atoms with van der Waals surface area (Å²) in [5.74, 6) is -0.414. The highest BCUT2D eigenvalue weighted by Crippen LogP contribution is 2.32. The van der Waals surface area contributed by atoms with Gasteiger partial charge in [0.1, 0.15) is 6.61 Å². The quantitative estimate of drug-likeness (QED) is 0.336. The summed E-state index contributed by atoms with van der Waals surface area (Å²) in [6.07, 6.45) is -1.42. The molecule has 0 radical (unpaired) electrons. The van der Waals surface area contributed by atoms with Crippen molar-refractivity contribution in [1.82, 2.24) is 15.1 Å². The summed E-state index contributed by atoms with van der Waals surface area (Å²) in [5.41, 5.74) is 0.141. The summed E-state index contributed by atoms with van der Waals surface area (Å²) >= 11 is 0. The van der Waals surface area contributed by atoms with Crippen LogP contribution in [0.2, 0.25) is 0 Å². The molecule has 0 aromatic heterocycles. The van der Waals surface area contributed by atoms with Crippen LogP contribution in [-0.2, 0) is 17.5 Å². The molecule has 10 heteroatoms. The van der Waals surface area contributed by atoms with Crippen molar-refractivity contribution in [2.45, 2.75) is 19.7 Å². The van der Waals surface area contributed by atoms with Crippen molar-refractivity contribution in [1.29, 1.82) is 0 Å². The van der Waals surface area contributed by atoms with Crippen LogP contribution in [0.5, 0.6) is 0 Å². The van der Waals surface area contributed by atoms with Gasteiger partial charge >= 0.3 is 12.2 Å². The third-order valence-corrected chi connectivity index (χ3v) is 5.48. The van der Waals surface area contributed by atoms with Gasteiger partial charge in [0.05, 0.1) is 11.1 Å². The van der Waals surface area contributed by atoms with E-state index in [0.717, 1.165) is 11.6 Å². The number of urea groups is 1. The van der Waals surface area contributed by atoms with Crippen LogP contribution in [0.1, 0.15) is 28.4 Å². The van der Waals surface area contributed by atoms with E-state index in [4.69, 9.17) is 4.74 Å². The summed E-state index contributed by atoms with van der Waals surface area (Å²) in [6, 6.07) is 13.9. The fourth-order valence-corrected chi connectivity index (χ4v) is 3.56. The van der Waals surface area contributed by atoms with Crippen LogP contribution < -0.4 is 5.32 Å². The van der Waals surface area contributed by atoms with E-state index in [2.05, 4.69) is 17.0 Å². The number of aliphatic imine (C=N–C) groups is 1. The molecule has 1 saturated heterocycles. The Morgan fingerprint density at radius 2 is 1.61 bits per heavy atom. The Labute approximate surface area is 207 Å². The number of nitrogens with one attached hydrogen (secondary N) is 1. The van der Waals surface area contributed by atoms with Gasteiger partial charge in [0.2, 0.25) is 5.88 Å². The van der Waals surface area contributed by atoms with Gasteiger partial charge in [-0.15, -0.1) is 0 Å². The Morgan fingerprint density at radius 1 is 1.00 bits per heavy atom. The molecule has 0 saturated carbocycles. The van der Waals surface area contributed by atoms with Crippen LogP contribution in [0.15, 0.2) is 83.3 Å². The number of benzene rings is 2. The highest BCUT2D eigenvalue weighted by atomic mass is 19.4. The van der Waals surface area contributed by atoms with E-state index in [-0.39, 0.29) is 32.2 Å². The second-order valence-electron chi connectivity index (χ2n) is 8.04. The first kappa shape index (κ1) is 26.5. The average Bonchev–Trinajstić information content (AvgIpc) is 2.88. The summed E-state index contributed by atoms with van der Waals surface area (Å²) in [4.78, 5) is 32.0. The molecule has 1 N–H and O–H groups in total. The number of hydrogen-bond acceptors (Lipinski definition) is 4. The van der Waals surface area contributed by atoms with Crippen molar-refractivity contribution in [2.24, 2.45) is 4.99 Å². The van der Waals surface area contributed by atoms with Crippen molar-refractivity contribution in [3.8, 4) is 0 Å². The molecule has 0 aliphatic carbocycles. The second-order valence-corrected chi connectivity index (χ2v) is 8.04. The summed E-state index contributed by atoms with van der Waals surface area (Å²) in [7, 11) is 0. The SMILES string of the molecule is C=N/C(=C\C=C(/C)NC(=O)N1CCN(C(=O)c2ccccc2C(F)(F)F)CC1)OCc1ccccc1. The zero-order valence-corrected chi connectivity index (χ0v) is 19.8. The molecule has 1 aliphatic rings. The van der Waals surface area contributed by atoms with Crippen LogP contribution in [0.3, 0.4) is 0 Å². The predicted molar refractivity (Wildman–Crippen MR) is 130 cm³/mol. The molecular formula is C26H27F3N4O3. The van der Waals surface area contributed by atoms with E-state index in [1.54, 1.807) is 19.1 Å². The molecule has 1 heterocycles. The van der Waals surface area contributed by atoms with Crippen molar-refractivity contribution < 1.29 is 27.5 Å². The summed E-state index contributed by atoms with van der Waals surface area (Å²) in [5, 5.41) is 2.74. The average molecular weight is 501 g/mol. The Hall–Kier alpha value is -4.08. The lowest BCUT2D eigenvalue weighted by Gasteiger charge is -2.35. The fraction of sp³-hybridized carbons (Fsp3) is 0.269. The summed E-state index contributed by atoms with van der Waals surface area (Å²) in [6.45, 7) is 6.13. The van der Waals surface area contributed by atoms with Crippen LogP contribution in [0, 0.1) is 0 Å². The Morgan fingerprint density at radius 3 is 2.25 bits per heavy atom. The minimum absolute atomic E-state index is 0.124. The minimum atomic E-state index is -4.63. The maximum absolute atomic E-state index is 13.3. The Bertz CT molecular complexity index is 1140. The molecule has 0 bridgehead atoms. The molecule has 7 nitrogen and oxygen atoms in total. The molecule has 2 aromatic rings. The van der Waals surface area contributed by atoms with E-state index in [1.165, 1.54) is 28.0 Å². The normalized spacial score (nSPS) is 14.9. The highest BCUT2D eigenvalue weighted by Gasteiger charge is 2.36. The van der Waals surface area contributed by atoms with Gasteiger partial charge in [0.15, 0.2) is 0 Å². The molecule has 0 atom stereocenters. The monoisotopic (exact) mass is 500 g/mol. The maximum atomic E-state index is 13.3. The molecule has 190 valence electrons. The number of hydrogen-bond donors (Lipinski definition) is 1. The van der Waals surface area contributed by atoms with E-state index in [0.29, 0.717) is 18.2 Å². The lowest BCUT2D eigenvalue weighted by atomic mass is 10.1. The number of nitrogens with zero attached hydrogens (tertiary/aromatic N) is 3. The van der Waals surface area contributed by atoms with Gasteiger partial charge in [-0.05, 0) is 37.4 Å². The van der Waals surface area contributed by atoms with Gasteiger partial charge < -0.3 is 19.9 Å². The van der Waals surface area contributed by atoms with Crippen molar-refractivity contribution in [3.05, 3.63) is 95.0 Å². The standard InChI is InChI=1S/C26H27F3N4O3/c1-19(12-13-23(30-2)36-18-20-8-4-3-5-9-20)31-25(35)33-16-14-32(15-17-33)24(34)21-10-6-7-11-22(21)26(27,28)29/h3-13H,2,14-18H2,1H3,(H,31,35)/b19-12+,23-13+. The molecule has 1 aliphatic heterocycles. The lowest BCUT2D eigenvalue weighted by molar-refractivity contribution is -0.138. The number of piperazine rings is 1. The second kappa shape index (κ2) is 12.1. The number of carbonyl (C=O) groups is 2. The third-order valence-electron chi connectivity index (χ3n) is 5.48. The van der Waals surface area contributed by atoms with Gasteiger partial charge in [0, 0.05) is 38.0 Å². The largest absolute Gasteiger partial charge is 0.473 e. The minimum Gasteiger partial charge on any atom is -0.473 e. The summed E-state index contributed by atoms with van der Waals surface area (Å²) < 4.78 is 45.4. The number of ether oxygens (including phenoxy) is 1. The molecule has 3 amide bonds. The van der Waals surface area contributed by atoms with Gasteiger partial charge in [-0.3, -0.25) is 4.79 Å². The van der Waals surface area contributed by atoms with Crippen LogP contribution in [0.25, 0.3) is 0 Å². The molecule has 0 spiro atoms. The van der Waals surface area contributed by atoms with Gasteiger partial charge in [-0.25, -0.2) is 9.79 Å². The number of allylic oxidation sites excluding steroid dienone is 3. The Kier molecular flexibility index (Phi) is 8.88. The number of halogens is 3. The van der Waals surface area contributed by atoms with E-state index in [1.807, 2.05) is 30.3 Å². The zero-order valence-electron chi connectivity index (χ0n) is 19.8. The highest BCUT2D eigenvalue weighted by molar-refractivity contribution is 5.96. The first-order valence-electron chi connectivity index (χ1n) is 11.2. The molecule has 3 rings (SSSR count). The number of alkyl halides is 3. The van der Waals surface area contributed by atoms with Gasteiger partial charge in [-0.1, -0.05) is 42.5 Å². The lowest BCUT2D eigenvalue weighted by Crippen LogP contribution is -2.53. The smallest absolute Gasteiger partial charge is 0.417 e. The molecule has 2 aromatic carbocycles. The first-order chi connectivity index (χ1) is 17.2. The first-order valence-corrected chi connectivity index (χ1v) is 11.2. The Balaban J connectivity index is 1.52. The van der Waals surface area contributed by atoms with Gasteiger partial charge in [0.25, 0.3) is 5.91 Å². The molecule has 1 fully saturated rings.